The van der Waals surface area contributed by atoms with Gasteiger partial charge in [0.15, 0.2) is 0 Å². The van der Waals surface area contributed by atoms with Gasteiger partial charge in [-0.05, 0) is 42.0 Å². The Morgan fingerprint density at radius 2 is 1.97 bits per heavy atom. The molecular weight excluding hydrogens is 450 g/mol. The monoisotopic (exact) mass is 477 g/mol. The van der Waals surface area contributed by atoms with Crippen molar-refractivity contribution in [3.05, 3.63) is 65.9 Å². The van der Waals surface area contributed by atoms with Crippen molar-refractivity contribution in [3.8, 4) is 23.1 Å². The van der Waals surface area contributed by atoms with E-state index in [-0.39, 0.29) is 12.7 Å². The molecule has 176 valence electrons. The summed E-state index contributed by atoms with van der Waals surface area (Å²) in [7, 11) is 0. The number of nitriles is 1. The van der Waals surface area contributed by atoms with Crippen molar-refractivity contribution in [1.82, 2.24) is 14.7 Å². The third-order valence-electron chi connectivity index (χ3n) is 5.28. The minimum atomic E-state index is 0.0725. The van der Waals surface area contributed by atoms with Crippen LogP contribution in [0, 0.1) is 11.3 Å². The maximum atomic E-state index is 9.66. The van der Waals surface area contributed by atoms with Gasteiger partial charge in [0, 0.05) is 42.6 Å². The molecular formula is C25H27N5O3S. The van der Waals surface area contributed by atoms with E-state index in [1.54, 1.807) is 24.2 Å². The van der Waals surface area contributed by atoms with Crippen LogP contribution in [-0.2, 0) is 10.5 Å². The summed E-state index contributed by atoms with van der Waals surface area (Å²) in [5.74, 6) is 1.88. The summed E-state index contributed by atoms with van der Waals surface area (Å²) in [5.41, 5.74) is 4.08. The van der Waals surface area contributed by atoms with Crippen molar-refractivity contribution in [2.75, 3.05) is 31.7 Å². The first-order valence-electron chi connectivity index (χ1n) is 11.2. The number of anilines is 2. The van der Waals surface area contributed by atoms with Crippen LogP contribution in [0.4, 0.5) is 11.6 Å². The van der Waals surface area contributed by atoms with E-state index in [4.69, 9.17) is 14.6 Å². The van der Waals surface area contributed by atoms with Gasteiger partial charge in [-0.1, -0.05) is 24.1 Å². The van der Waals surface area contributed by atoms with Gasteiger partial charge in [0.2, 0.25) is 5.95 Å². The van der Waals surface area contributed by atoms with E-state index >= 15 is 0 Å². The van der Waals surface area contributed by atoms with Gasteiger partial charge in [-0.2, -0.15) is 5.26 Å². The Morgan fingerprint density at radius 1 is 1.15 bits per heavy atom. The molecule has 0 unspecified atom stereocenters. The van der Waals surface area contributed by atoms with E-state index in [0.717, 1.165) is 35.5 Å². The van der Waals surface area contributed by atoms with Crippen molar-refractivity contribution in [1.29, 1.82) is 5.26 Å². The number of benzene rings is 2. The van der Waals surface area contributed by atoms with Crippen LogP contribution >= 0.6 is 11.9 Å². The van der Waals surface area contributed by atoms with E-state index in [2.05, 4.69) is 26.1 Å². The second-order valence-corrected chi connectivity index (χ2v) is 8.61. The highest BCUT2D eigenvalue weighted by Gasteiger charge is 2.17. The van der Waals surface area contributed by atoms with Crippen molar-refractivity contribution in [2.24, 2.45) is 0 Å². The van der Waals surface area contributed by atoms with Crippen LogP contribution in [0.5, 0.6) is 5.75 Å². The van der Waals surface area contributed by atoms with Crippen LogP contribution in [0.3, 0.4) is 0 Å². The SMILES string of the molecule is N#Cc1cc(-c2ccnc(Nc3ccc(CSNCCO)cc3)n2)ccc1OC1CCOCC1. The molecule has 1 aromatic heterocycles. The van der Waals surface area contributed by atoms with Gasteiger partial charge in [0.05, 0.1) is 31.1 Å². The topological polar surface area (TPSA) is 112 Å². The van der Waals surface area contributed by atoms with E-state index in [9.17, 15) is 5.26 Å². The lowest BCUT2D eigenvalue weighted by molar-refractivity contribution is 0.0254. The zero-order chi connectivity index (χ0) is 23.6. The molecule has 1 aliphatic rings. The molecule has 1 fully saturated rings. The number of aromatic nitrogens is 2. The quantitative estimate of drug-likeness (QED) is 0.294. The largest absolute Gasteiger partial charge is 0.489 e. The molecule has 0 amide bonds. The molecule has 34 heavy (non-hydrogen) atoms. The molecule has 1 saturated heterocycles. The van der Waals surface area contributed by atoms with Crippen LogP contribution < -0.4 is 14.8 Å². The van der Waals surface area contributed by atoms with Crippen LogP contribution in [0.1, 0.15) is 24.0 Å². The number of rotatable bonds is 10. The number of hydrogen-bond acceptors (Lipinski definition) is 9. The van der Waals surface area contributed by atoms with E-state index in [1.807, 2.05) is 42.5 Å². The van der Waals surface area contributed by atoms with Crippen LogP contribution in [0.15, 0.2) is 54.7 Å². The molecule has 2 aromatic carbocycles. The maximum absolute atomic E-state index is 9.66. The lowest BCUT2D eigenvalue weighted by Gasteiger charge is -2.23. The molecule has 0 saturated carbocycles. The average molecular weight is 478 g/mol. The first kappa shape index (κ1) is 24.0. The molecule has 4 rings (SSSR count). The van der Waals surface area contributed by atoms with Crippen molar-refractivity contribution >= 4 is 23.6 Å². The van der Waals surface area contributed by atoms with Crippen LogP contribution in [0.2, 0.25) is 0 Å². The number of hydrogen-bond donors (Lipinski definition) is 3. The minimum absolute atomic E-state index is 0.0725. The summed E-state index contributed by atoms with van der Waals surface area (Å²) >= 11 is 1.56. The fourth-order valence-corrected chi connectivity index (χ4v) is 4.19. The molecule has 8 nitrogen and oxygen atoms in total. The number of aliphatic hydroxyl groups is 1. The van der Waals surface area contributed by atoms with Gasteiger partial charge in [-0.15, -0.1) is 0 Å². The smallest absolute Gasteiger partial charge is 0.227 e. The Kier molecular flexibility index (Phi) is 8.71. The van der Waals surface area contributed by atoms with Crippen LogP contribution in [-0.4, -0.2) is 47.5 Å². The predicted molar refractivity (Wildman–Crippen MR) is 133 cm³/mol. The highest BCUT2D eigenvalue weighted by molar-refractivity contribution is 7.96. The highest BCUT2D eigenvalue weighted by Crippen LogP contribution is 2.28. The normalized spacial score (nSPS) is 13.9. The Bertz CT molecular complexity index is 1110. The summed E-state index contributed by atoms with van der Waals surface area (Å²) in [6.45, 7) is 2.07. The second-order valence-electron chi connectivity index (χ2n) is 7.75. The molecule has 1 aliphatic heterocycles. The fraction of sp³-hybridized carbons (Fsp3) is 0.320. The summed E-state index contributed by atoms with van der Waals surface area (Å²) in [5, 5.41) is 21.7. The van der Waals surface area contributed by atoms with Crippen LogP contribution in [0.25, 0.3) is 11.3 Å². The summed E-state index contributed by atoms with van der Waals surface area (Å²) < 4.78 is 14.5. The first-order chi connectivity index (χ1) is 16.7. The molecule has 0 atom stereocenters. The molecule has 9 heteroatoms. The van der Waals surface area contributed by atoms with Gasteiger partial charge < -0.3 is 19.9 Å². The highest BCUT2D eigenvalue weighted by atomic mass is 32.2. The first-order valence-corrected chi connectivity index (χ1v) is 12.2. The maximum Gasteiger partial charge on any atom is 0.227 e. The number of nitrogens with zero attached hydrogens (tertiary/aromatic N) is 3. The van der Waals surface area contributed by atoms with E-state index in [0.29, 0.717) is 37.0 Å². The Hall–Kier alpha value is -3.16. The summed E-state index contributed by atoms with van der Waals surface area (Å²) in [4.78, 5) is 8.95. The summed E-state index contributed by atoms with van der Waals surface area (Å²) in [6.07, 6.45) is 3.42. The van der Waals surface area contributed by atoms with Gasteiger partial charge in [-0.3, -0.25) is 4.72 Å². The zero-order valence-corrected chi connectivity index (χ0v) is 19.6. The number of nitrogens with one attached hydrogen (secondary N) is 2. The number of ether oxygens (including phenoxy) is 2. The summed E-state index contributed by atoms with van der Waals surface area (Å²) in [6, 6.07) is 17.7. The van der Waals surface area contributed by atoms with Gasteiger partial charge >= 0.3 is 0 Å². The van der Waals surface area contributed by atoms with Gasteiger partial charge in [0.1, 0.15) is 17.9 Å². The lowest BCUT2D eigenvalue weighted by Crippen LogP contribution is -2.26. The molecule has 0 bridgehead atoms. The van der Waals surface area contributed by atoms with Crippen molar-refractivity contribution in [2.45, 2.75) is 24.7 Å². The Labute approximate surface area is 203 Å². The Morgan fingerprint density at radius 3 is 2.74 bits per heavy atom. The molecule has 3 aromatic rings. The average Bonchev–Trinajstić information content (AvgIpc) is 2.88. The lowest BCUT2D eigenvalue weighted by atomic mass is 10.1. The molecule has 3 N–H and O–H groups in total. The predicted octanol–water partition coefficient (Wildman–Crippen LogP) is 4.05. The van der Waals surface area contributed by atoms with Gasteiger partial charge in [0.25, 0.3) is 0 Å². The van der Waals surface area contributed by atoms with Gasteiger partial charge in [-0.25, -0.2) is 9.97 Å². The zero-order valence-electron chi connectivity index (χ0n) is 18.7. The third-order valence-corrected chi connectivity index (χ3v) is 6.16. The second kappa shape index (κ2) is 12.3. The molecule has 0 radical (unpaired) electrons. The van der Waals surface area contributed by atoms with Crippen molar-refractivity contribution in [3.63, 3.8) is 0 Å². The molecule has 0 aliphatic carbocycles. The molecule has 2 heterocycles. The number of aliphatic hydroxyl groups excluding tert-OH is 1. The van der Waals surface area contributed by atoms with Crippen molar-refractivity contribution < 1.29 is 14.6 Å². The standard InChI is InChI=1S/C25H27N5O3S/c26-16-20-15-19(3-6-24(20)33-22-8-13-32-14-9-22)23-7-10-27-25(30-23)29-21-4-1-18(2-5-21)17-34-28-11-12-31/h1-7,10,15,22,28,31H,8-9,11-14,17H2,(H,27,29,30). The fourth-order valence-electron chi connectivity index (χ4n) is 3.50. The molecule has 0 spiro atoms. The minimum Gasteiger partial charge on any atom is -0.489 e. The Balaban J connectivity index is 1.42. The van der Waals surface area contributed by atoms with E-state index in [1.165, 1.54) is 5.56 Å². The van der Waals surface area contributed by atoms with E-state index < -0.39 is 0 Å². The third kappa shape index (κ3) is 6.68.